The van der Waals surface area contributed by atoms with Gasteiger partial charge >= 0.3 is 0 Å². The molecule has 2 heterocycles. The molecule has 0 unspecified atom stereocenters. The molecule has 0 radical (unpaired) electrons. The van der Waals surface area contributed by atoms with E-state index in [2.05, 4.69) is 20.3 Å². The van der Waals surface area contributed by atoms with Crippen LogP contribution in [0.25, 0.3) is 0 Å². The smallest absolute Gasteiger partial charge is 0.137 e. The number of aromatic nitrogens is 3. The molecular weight excluding hydrogens is 214 g/mol. The number of nitrogen functional groups attached to an aromatic ring is 1. The predicted molar refractivity (Wildman–Crippen MR) is 59.0 cm³/mol. The molecular formula is C9H8ClN5. The van der Waals surface area contributed by atoms with Crippen LogP contribution in [0, 0.1) is 0 Å². The predicted octanol–water partition coefficient (Wildman–Crippen LogP) is 1.85. The fourth-order valence-corrected chi connectivity index (χ4v) is 1.13. The van der Waals surface area contributed by atoms with Gasteiger partial charge in [-0.25, -0.2) is 15.0 Å². The molecule has 0 spiro atoms. The van der Waals surface area contributed by atoms with Gasteiger partial charge in [-0.05, 0) is 12.1 Å². The zero-order valence-electron chi connectivity index (χ0n) is 7.68. The fraction of sp³-hybridized carbons (Fsp3) is 0. The van der Waals surface area contributed by atoms with Crippen LogP contribution in [0.5, 0.6) is 0 Å². The number of nitrogens with zero attached hydrogens (tertiary/aromatic N) is 3. The van der Waals surface area contributed by atoms with E-state index in [1.54, 1.807) is 24.4 Å². The first kappa shape index (κ1) is 9.67. The maximum Gasteiger partial charge on any atom is 0.137 e. The Hall–Kier alpha value is -1.88. The van der Waals surface area contributed by atoms with Crippen LogP contribution in [-0.4, -0.2) is 15.0 Å². The molecule has 0 aliphatic heterocycles. The first-order chi connectivity index (χ1) is 7.24. The van der Waals surface area contributed by atoms with E-state index in [4.69, 9.17) is 17.3 Å². The van der Waals surface area contributed by atoms with E-state index in [0.29, 0.717) is 22.5 Å². The van der Waals surface area contributed by atoms with Crippen LogP contribution < -0.4 is 11.1 Å². The minimum atomic E-state index is 0.404. The van der Waals surface area contributed by atoms with Crippen molar-refractivity contribution in [1.29, 1.82) is 0 Å². The Morgan fingerprint density at radius 2 is 2.00 bits per heavy atom. The molecule has 5 nitrogen and oxygen atoms in total. The molecule has 2 rings (SSSR count). The first-order valence-electron chi connectivity index (χ1n) is 4.20. The summed E-state index contributed by atoms with van der Waals surface area (Å²) in [6.07, 6.45) is 2.93. The van der Waals surface area contributed by atoms with Gasteiger partial charge in [0.1, 0.15) is 23.8 Å². The summed E-state index contributed by atoms with van der Waals surface area (Å²) in [7, 11) is 0. The summed E-state index contributed by atoms with van der Waals surface area (Å²) in [4.78, 5) is 11.8. The number of hydrogen-bond acceptors (Lipinski definition) is 5. The summed E-state index contributed by atoms with van der Waals surface area (Å²) in [6, 6.07) is 5.11. The number of nitrogens with one attached hydrogen (secondary N) is 1. The van der Waals surface area contributed by atoms with Gasteiger partial charge < -0.3 is 11.1 Å². The lowest BCUT2D eigenvalue weighted by Gasteiger charge is -2.03. The van der Waals surface area contributed by atoms with Gasteiger partial charge in [0, 0.05) is 12.3 Å². The maximum atomic E-state index is 5.70. The van der Waals surface area contributed by atoms with Crippen LogP contribution in [0.3, 0.4) is 0 Å². The highest BCUT2D eigenvalue weighted by molar-refractivity contribution is 6.30. The Morgan fingerprint density at radius 1 is 1.13 bits per heavy atom. The second kappa shape index (κ2) is 4.10. The van der Waals surface area contributed by atoms with Gasteiger partial charge in [-0.1, -0.05) is 11.6 Å². The van der Waals surface area contributed by atoms with E-state index in [-0.39, 0.29) is 0 Å². The molecule has 6 heteroatoms. The molecule has 3 N–H and O–H groups in total. The molecule has 0 atom stereocenters. The second-order valence-electron chi connectivity index (χ2n) is 2.81. The van der Waals surface area contributed by atoms with E-state index in [1.165, 1.54) is 6.33 Å². The number of rotatable bonds is 2. The number of pyridine rings is 1. The second-order valence-corrected chi connectivity index (χ2v) is 3.25. The Balaban J connectivity index is 2.18. The van der Waals surface area contributed by atoms with E-state index in [0.717, 1.165) is 0 Å². The quantitative estimate of drug-likeness (QED) is 0.809. The van der Waals surface area contributed by atoms with Crippen LogP contribution in [0.4, 0.5) is 17.5 Å². The third kappa shape index (κ3) is 2.54. The number of halogens is 1. The van der Waals surface area contributed by atoms with E-state index in [1.807, 2.05) is 0 Å². The van der Waals surface area contributed by atoms with Crippen molar-refractivity contribution in [2.24, 2.45) is 0 Å². The average Bonchev–Trinajstić information content (AvgIpc) is 2.22. The summed E-state index contributed by atoms with van der Waals surface area (Å²) in [5.41, 5.74) is 5.50. The minimum Gasteiger partial charge on any atom is -0.384 e. The maximum absolute atomic E-state index is 5.70. The molecule has 0 aromatic carbocycles. The molecule has 0 amide bonds. The third-order valence-corrected chi connectivity index (χ3v) is 1.90. The molecule has 0 fully saturated rings. The van der Waals surface area contributed by atoms with E-state index < -0.39 is 0 Å². The normalized spacial score (nSPS) is 9.93. The van der Waals surface area contributed by atoms with Crippen LogP contribution in [0.1, 0.15) is 0 Å². The van der Waals surface area contributed by atoms with Crippen LogP contribution in [-0.2, 0) is 0 Å². The summed E-state index contributed by atoms with van der Waals surface area (Å²) in [5, 5.41) is 3.56. The van der Waals surface area contributed by atoms with Crippen molar-refractivity contribution in [2.75, 3.05) is 11.1 Å². The molecule has 15 heavy (non-hydrogen) atoms. The summed E-state index contributed by atoms with van der Waals surface area (Å²) < 4.78 is 0. The lowest BCUT2D eigenvalue weighted by molar-refractivity contribution is 1.16. The third-order valence-electron chi connectivity index (χ3n) is 1.67. The average molecular weight is 222 g/mol. The first-order valence-corrected chi connectivity index (χ1v) is 4.58. The Kier molecular flexibility index (Phi) is 2.64. The largest absolute Gasteiger partial charge is 0.384 e. The molecule has 0 bridgehead atoms. The molecule has 0 aliphatic rings. The van der Waals surface area contributed by atoms with Gasteiger partial charge in [-0.2, -0.15) is 0 Å². The molecule has 76 valence electrons. The highest BCUT2D eigenvalue weighted by Crippen LogP contribution is 2.14. The highest BCUT2D eigenvalue weighted by atomic mass is 35.5. The lowest BCUT2D eigenvalue weighted by atomic mass is 10.4. The van der Waals surface area contributed by atoms with Crippen molar-refractivity contribution < 1.29 is 0 Å². The van der Waals surface area contributed by atoms with Gasteiger partial charge in [-0.15, -0.1) is 0 Å². The Morgan fingerprint density at radius 3 is 2.67 bits per heavy atom. The molecule has 0 aliphatic carbocycles. The summed E-state index contributed by atoms with van der Waals surface area (Å²) >= 11 is 5.70. The van der Waals surface area contributed by atoms with Crippen molar-refractivity contribution in [3.05, 3.63) is 35.7 Å². The standard InChI is InChI=1S/C9H8ClN5/c10-6-1-2-8(12-4-6)15-9-3-7(11)13-5-14-9/h1-5H,(H3,11,12,13,14,15). The highest BCUT2D eigenvalue weighted by Gasteiger charge is 1.97. The van der Waals surface area contributed by atoms with Crippen molar-refractivity contribution in [3.8, 4) is 0 Å². The van der Waals surface area contributed by atoms with Crippen molar-refractivity contribution >= 4 is 29.1 Å². The molecule has 0 saturated carbocycles. The lowest BCUT2D eigenvalue weighted by Crippen LogP contribution is -1.98. The van der Waals surface area contributed by atoms with Gasteiger partial charge in [0.25, 0.3) is 0 Å². The topological polar surface area (TPSA) is 76.7 Å². The van der Waals surface area contributed by atoms with Crippen LogP contribution in [0.2, 0.25) is 5.02 Å². The number of anilines is 3. The van der Waals surface area contributed by atoms with Gasteiger partial charge in [0.05, 0.1) is 5.02 Å². The minimum absolute atomic E-state index is 0.404. The number of nitrogens with two attached hydrogens (primary N) is 1. The Labute approximate surface area is 91.3 Å². The number of hydrogen-bond donors (Lipinski definition) is 2. The Bertz CT molecular complexity index is 456. The summed E-state index contributed by atoms with van der Waals surface area (Å²) in [5.74, 6) is 1.65. The van der Waals surface area contributed by atoms with E-state index >= 15 is 0 Å². The molecule has 0 saturated heterocycles. The van der Waals surface area contributed by atoms with Crippen LogP contribution >= 0.6 is 11.6 Å². The molecule has 2 aromatic rings. The van der Waals surface area contributed by atoms with Crippen LogP contribution in [0.15, 0.2) is 30.7 Å². The van der Waals surface area contributed by atoms with Crippen molar-refractivity contribution in [1.82, 2.24) is 15.0 Å². The SMILES string of the molecule is Nc1cc(Nc2ccc(Cl)cn2)ncn1. The zero-order valence-corrected chi connectivity index (χ0v) is 8.44. The molecule has 2 aromatic heterocycles. The monoisotopic (exact) mass is 221 g/mol. The van der Waals surface area contributed by atoms with Crippen molar-refractivity contribution in [3.63, 3.8) is 0 Å². The van der Waals surface area contributed by atoms with Gasteiger partial charge in [0.2, 0.25) is 0 Å². The zero-order chi connectivity index (χ0) is 10.7. The van der Waals surface area contributed by atoms with Gasteiger partial charge in [0.15, 0.2) is 0 Å². The fourth-order valence-electron chi connectivity index (χ4n) is 1.02. The van der Waals surface area contributed by atoms with Crippen molar-refractivity contribution in [2.45, 2.75) is 0 Å². The van der Waals surface area contributed by atoms with E-state index in [9.17, 15) is 0 Å². The summed E-state index contributed by atoms with van der Waals surface area (Å²) in [6.45, 7) is 0. The van der Waals surface area contributed by atoms with Gasteiger partial charge in [-0.3, -0.25) is 0 Å².